The van der Waals surface area contributed by atoms with Gasteiger partial charge in [-0.2, -0.15) is 0 Å². The standard InChI is InChI=1S/C20H40O3/c1-5-6-7-8-9-10-11-14-17-22-19(21)23-18-15-12-13-16-20(2,3)4/h5-18H2,1-4H3. The molecule has 0 bridgehead atoms. The Morgan fingerprint density at radius 3 is 1.61 bits per heavy atom. The van der Waals surface area contributed by atoms with Crippen LogP contribution in [0.5, 0.6) is 0 Å². The molecule has 0 aromatic rings. The monoisotopic (exact) mass is 328 g/mol. The van der Waals surface area contributed by atoms with Crippen LogP contribution in [-0.2, 0) is 9.47 Å². The van der Waals surface area contributed by atoms with Gasteiger partial charge in [0, 0.05) is 0 Å². The summed E-state index contributed by atoms with van der Waals surface area (Å²) in [6.07, 6.45) is 14.0. The maximum absolute atomic E-state index is 11.4. The largest absolute Gasteiger partial charge is 0.508 e. The molecule has 0 aliphatic rings. The smallest absolute Gasteiger partial charge is 0.434 e. The molecule has 0 radical (unpaired) electrons. The number of rotatable bonds is 14. The minimum absolute atomic E-state index is 0.399. The van der Waals surface area contributed by atoms with E-state index in [-0.39, 0.29) is 0 Å². The van der Waals surface area contributed by atoms with Crippen LogP contribution in [0, 0.1) is 5.41 Å². The molecule has 0 saturated carbocycles. The molecular weight excluding hydrogens is 288 g/mol. The number of carbonyl (C=O) groups excluding carboxylic acids is 1. The van der Waals surface area contributed by atoms with E-state index in [1.165, 1.54) is 51.4 Å². The second-order valence-electron chi connectivity index (χ2n) is 7.79. The minimum atomic E-state index is -0.497. The quantitative estimate of drug-likeness (QED) is 0.257. The van der Waals surface area contributed by atoms with Gasteiger partial charge < -0.3 is 9.47 Å². The van der Waals surface area contributed by atoms with Crippen LogP contribution in [0.2, 0.25) is 0 Å². The lowest BCUT2D eigenvalue weighted by molar-refractivity contribution is 0.0527. The molecule has 0 unspecified atom stereocenters. The highest BCUT2D eigenvalue weighted by Gasteiger charge is 2.09. The zero-order valence-electron chi connectivity index (χ0n) is 16.1. The minimum Gasteiger partial charge on any atom is -0.434 e. The maximum Gasteiger partial charge on any atom is 0.508 e. The van der Waals surface area contributed by atoms with Crippen molar-refractivity contribution in [3.8, 4) is 0 Å². The SMILES string of the molecule is CCCCCCCCCCOC(=O)OCCCCCC(C)(C)C. The van der Waals surface area contributed by atoms with Gasteiger partial charge in [0.05, 0.1) is 13.2 Å². The second kappa shape index (κ2) is 14.8. The summed E-state index contributed by atoms with van der Waals surface area (Å²) in [7, 11) is 0. The van der Waals surface area contributed by atoms with Crippen molar-refractivity contribution in [1.29, 1.82) is 0 Å². The van der Waals surface area contributed by atoms with Gasteiger partial charge in [-0.25, -0.2) is 4.79 Å². The van der Waals surface area contributed by atoms with Crippen LogP contribution in [0.1, 0.15) is 105 Å². The first-order valence-electron chi connectivity index (χ1n) is 9.75. The lowest BCUT2D eigenvalue weighted by Crippen LogP contribution is -2.10. The lowest BCUT2D eigenvalue weighted by atomic mass is 9.89. The number of hydrogen-bond acceptors (Lipinski definition) is 3. The Hall–Kier alpha value is -0.730. The molecule has 0 heterocycles. The van der Waals surface area contributed by atoms with E-state index in [1.807, 2.05) is 0 Å². The zero-order chi connectivity index (χ0) is 17.4. The summed E-state index contributed by atoms with van der Waals surface area (Å²) in [5.41, 5.74) is 0.399. The second-order valence-corrected chi connectivity index (χ2v) is 7.79. The van der Waals surface area contributed by atoms with Crippen LogP contribution in [0.15, 0.2) is 0 Å². The van der Waals surface area contributed by atoms with E-state index < -0.39 is 6.16 Å². The highest BCUT2D eigenvalue weighted by Crippen LogP contribution is 2.21. The van der Waals surface area contributed by atoms with Crippen LogP contribution in [0.25, 0.3) is 0 Å². The Bertz CT molecular complexity index is 269. The molecule has 23 heavy (non-hydrogen) atoms. The van der Waals surface area contributed by atoms with Crippen LogP contribution < -0.4 is 0 Å². The summed E-state index contributed by atoms with van der Waals surface area (Å²) in [6, 6.07) is 0. The van der Waals surface area contributed by atoms with E-state index in [0.29, 0.717) is 18.6 Å². The van der Waals surface area contributed by atoms with E-state index in [0.717, 1.165) is 25.7 Å². The highest BCUT2D eigenvalue weighted by atomic mass is 16.7. The average Bonchev–Trinajstić information content (AvgIpc) is 2.48. The Labute approximate surface area is 144 Å². The van der Waals surface area contributed by atoms with Crippen molar-refractivity contribution < 1.29 is 14.3 Å². The molecule has 0 saturated heterocycles. The van der Waals surface area contributed by atoms with E-state index in [4.69, 9.17) is 9.47 Å². The van der Waals surface area contributed by atoms with Crippen LogP contribution in [0.4, 0.5) is 4.79 Å². The molecule has 0 aliphatic carbocycles. The van der Waals surface area contributed by atoms with Crippen molar-refractivity contribution in [2.45, 2.75) is 105 Å². The molecule has 0 N–H and O–H groups in total. The third kappa shape index (κ3) is 19.2. The summed E-state index contributed by atoms with van der Waals surface area (Å²) in [6.45, 7) is 9.99. The van der Waals surface area contributed by atoms with Gasteiger partial charge in [-0.3, -0.25) is 0 Å². The number of carbonyl (C=O) groups is 1. The molecule has 0 aromatic carbocycles. The molecule has 0 rings (SSSR count). The summed E-state index contributed by atoms with van der Waals surface area (Å²) in [4.78, 5) is 11.4. The van der Waals surface area contributed by atoms with Gasteiger partial charge in [0.25, 0.3) is 0 Å². The van der Waals surface area contributed by atoms with Crippen molar-refractivity contribution in [2.75, 3.05) is 13.2 Å². The lowest BCUT2D eigenvalue weighted by Gasteiger charge is -2.17. The van der Waals surface area contributed by atoms with Gasteiger partial charge >= 0.3 is 6.16 Å². The predicted octanol–water partition coefficient (Wildman–Crippen LogP) is 6.89. The molecule has 0 aliphatic heterocycles. The van der Waals surface area contributed by atoms with Crippen molar-refractivity contribution in [2.24, 2.45) is 5.41 Å². The number of hydrogen-bond donors (Lipinski definition) is 0. The normalized spacial score (nSPS) is 11.5. The molecule has 138 valence electrons. The maximum atomic E-state index is 11.4. The number of unbranched alkanes of at least 4 members (excludes halogenated alkanes) is 9. The summed E-state index contributed by atoms with van der Waals surface area (Å²) in [5.74, 6) is 0. The van der Waals surface area contributed by atoms with Crippen LogP contribution in [0.3, 0.4) is 0 Å². The van der Waals surface area contributed by atoms with Crippen molar-refractivity contribution in [3.05, 3.63) is 0 Å². The summed E-state index contributed by atoms with van der Waals surface area (Å²) < 4.78 is 10.2. The van der Waals surface area contributed by atoms with E-state index in [1.54, 1.807) is 0 Å². The van der Waals surface area contributed by atoms with Gasteiger partial charge in [0.15, 0.2) is 0 Å². The molecule has 0 aromatic heterocycles. The van der Waals surface area contributed by atoms with Gasteiger partial charge in [-0.15, -0.1) is 0 Å². The van der Waals surface area contributed by atoms with Crippen molar-refractivity contribution in [3.63, 3.8) is 0 Å². The molecular formula is C20H40O3. The first-order valence-corrected chi connectivity index (χ1v) is 9.75. The molecule has 0 amide bonds. The Morgan fingerprint density at radius 2 is 1.13 bits per heavy atom. The highest BCUT2D eigenvalue weighted by molar-refractivity contribution is 5.59. The van der Waals surface area contributed by atoms with Gasteiger partial charge in [-0.1, -0.05) is 85.5 Å². The topological polar surface area (TPSA) is 35.5 Å². The Balaban J connectivity index is 3.22. The van der Waals surface area contributed by atoms with E-state index >= 15 is 0 Å². The fraction of sp³-hybridized carbons (Fsp3) is 0.950. The van der Waals surface area contributed by atoms with Crippen molar-refractivity contribution in [1.82, 2.24) is 0 Å². The van der Waals surface area contributed by atoms with Crippen LogP contribution >= 0.6 is 0 Å². The molecule has 3 heteroatoms. The zero-order valence-corrected chi connectivity index (χ0v) is 16.1. The van der Waals surface area contributed by atoms with E-state index in [2.05, 4.69) is 27.7 Å². The third-order valence-corrected chi connectivity index (χ3v) is 4.01. The third-order valence-electron chi connectivity index (χ3n) is 4.01. The predicted molar refractivity (Wildman–Crippen MR) is 97.8 cm³/mol. The van der Waals surface area contributed by atoms with E-state index in [9.17, 15) is 4.79 Å². The Kier molecular flexibility index (Phi) is 14.4. The number of ether oxygens (including phenoxy) is 2. The summed E-state index contributed by atoms with van der Waals surface area (Å²) >= 11 is 0. The fourth-order valence-corrected chi connectivity index (χ4v) is 2.52. The molecule has 0 atom stereocenters. The first-order chi connectivity index (χ1) is 11.0. The average molecular weight is 329 g/mol. The molecule has 0 fully saturated rings. The molecule has 3 nitrogen and oxygen atoms in total. The van der Waals surface area contributed by atoms with Gasteiger partial charge in [0.1, 0.15) is 0 Å². The van der Waals surface area contributed by atoms with Gasteiger partial charge in [0.2, 0.25) is 0 Å². The molecule has 0 spiro atoms. The summed E-state index contributed by atoms with van der Waals surface area (Å²) in [5, 5.41) is 0. The van der Waals surface area contributed by atoms with Gasteiger partial charge in [-0.05, 0) is 24.7 Å². The van der Waals surface area contributed by atoms with Crippen molar-refractivity contribution >= 4 is 6.16 Å². The Morgan fingerprint density at radius 1 is 0.696 bits per heavy atom. The first kappa shape index (κ1) is 22.3. The fourth-order valence-electron chi connectivity index (χ4n) is 2.52. The van der Waals surface area contributed by atoms with Crippen LogP contribution in [-0.4, -0.2) is 19.4 Å².